The highest BCUT2D eigenvalue weighted by Gasteiger charge is 2.09. The van der Waals surface area contributed by atoms with Crippen molar-refractivity contribution in [3.63, 3.8) is 0 Å². The van der Waals surface area contributed by atoms with Crippen LogP contribution < -0.4 is 5.73 Å². The van der Waals surface area contributed by atoms with Gasteiger partial charge in [0, 0.05) is 6.61 Å². The highest BCUT2D eigenvalue weighted by atomic mass is 16.5. The van der Waals surface area contributed by atoms with Crippen molar-refractivity contribution in [1.29, 1.82) is 0 Å². The second-order valence-electron chi connectivity index (χ2n) is 5.79. The Morgan fingerprint density at radius 2 is 1.80 bits per heavy atom. The maximum Gasteiger partial charge on any atom is 0.0659 e. The molecule has 0 saturated heterocycles. The van der Waals surface area contributed by atoms with Crippen LogP contribution in [0.1, 0.15) is 38.3 Å². The fraction of sp³-hybridized carbons (Fsp3) is 0.444. The van der Waals surface area contributed by atoms with E-state index in [1.54, 1.807) is 0 Å². The first-order valence-corrected chi connectivity index (χ1v) is 7.49. The fourth-order valence-electron chi connectivity index (χ4n) is 2.47. The van der Waals surface area contributed by atoms with Crippen molar-refractivity contribution in [2.45, 2.75) is 32.7 Å². The SMILES string of the molecule is CC(C)CCCOCC(N)c1cccc2ccccc12. The molecule has 0 aliphatic carbocycles. The molecule has 2 heteroatoms. The summed E-state index contributed by atoms with van der Waals surface area (Å²) in [6, 6.07) is 14.6. The van der Waals surface area contributed by atoms with Crippen molar-refractivity contribution in [1.82, 2.24) is 0 Å². The summed E-state index contributed by atoms with van der Waals surface area (Å²) < 4.78 is 5.72. The van der Waals surface area contributed by atoms with E-state index in [1.165, 1.54) is 22.8 Å². The van der Waals surface area contributed by atoms with E-state index in [9.17, 15) is 0 Å². The van der Waals surface area contributed by atoms with Crippen LogP contribution in [-0.2, 0) is 4.74 Å². The van der Waals surface area contributed by atoms with Crippen LogP contribution in [-0.4, -0.2) is 13.2 Å². The van der Waals surface area contributed by atoms with Crippen LogP contribution in [0.4, 0.5) is 0 Å². The van der Waals surface area contributed by atoms with Crippen molar-refractivity contribution in [2.75, 3.05) is 13.2 Å². The molecule has 0 saturated carbocycles. The minimum atomic E-state index is -0.0554. The topological polar surface area (TPSA) is 35.2 Å². The number of ether oxygens (including phenoxy) is 1. The molecule has 2 aromatic carbocycles. The van der Waals surface area contributed by atoms with Gasteiger partial charge in [0.05, 0.1) is 12.6 Å². The summed E-state index contributed by atoms with van der Waals surface area (Å²) in [4.78, 5) is 0. The van der Waals surface area contributed by atoms with Crippen LogP contribution in [0.25, 0.3) is 10.8 Å². The molecule has 20 heavy (non-hydrogen) atoms. The normalized spacial score (nSPS) is 13.0. The predicted molar refractivity (Wildman–Crippen MR) is 85.8 cm³/mol. The molecule has 1 atom stereocenters. The fourth-order valence-corrected chi connectivity index (χ4v) is 2.47. The predicted octanol–water partition coefficient (Wildman–Crippen LogP) is 4.29. The van der Waals surface area contributed by atoms with Crippen molar-refractivity contribution < 1.29 is 4.74 Å². The third-order valence-corrected chi connectivity index (χ3v) is 3.59. The molecule has 0 heterocycles. The quantitative estimate of drug-likeness (QED) is 0.762. The standard InChI is InChI=1S/C18H25NO/c1-14(2)7-6-12-20-13-18(19)17-11-5-9-15-8-3-4-10-16(15)17/h3-5,8-11,14,18H,6-7,12-13,19H2,1-2H3. The zero-order chi connectivity index (χ0) is 14.4. The summed E-state index contributed by atoms with van der Waals surface area (Å²) in [5, 5.41) is 2.47. The van der Waals surface area contributed by atoms with Gasteiger partial charge in [-0.15, -0.1) is 0 Å². The van der Waals surface area contributed by atoms with Crippen LogP contribution in [0.3, 0.4) is 0 Å². The van der Waals surface area contributed by atoms with E-state index in [2.05, 4.69) is 56.3 Å². The number of nitrogens with two attached hydrogens (primary N) is 1. The Kier molecular flexibility index (Phi) is 5.57. The third kappa shape index (κ3) is 4.06. The molecule has 108 valence electrons. The van der Waals surface area contributed by atoms with Crippen LogP contribution in [0.15, 0.2) is 42.5 Å². The van der Waals surface area contributed by atoms with Crippen molar-refractivity contribution >= 4 is 10.8 Å². The molecule has 0 aromatic heterocycles. The first kappa shape index (κ1) is 15.0. The zero-order valence-electron chi connectivity index (χ0n) is 12.5. The molecular weight excluding hydrogens is 246 g/mol. The largest absolute Gasteiger partial charge is 0.379 e. The van der Waals surface area contributed by atoms with E-state index in [-0.39, 0.29) is 6.04 Å². The van der Waals surface area contributed by atoms with E-state index >= 15 is 0 Å². The molecule has 0 spiro atoms. The van der Waals surface area contributed by atoms with E-state index in [0.29, 0.717) is 6.61 Å². The maximum absolute atomic E-state index is 6.28. The Morgan fingerprint density at radius 3 is 2.60 bits per heavy atom. The minimum absolute atomic E-state index is 0.0554. The second-order valence-corrected chi connectivity index (χ2v) is 5.79. The molecule has 2 N–H and O–H groups in total. The summed E-state index contributed by atoms with van der Waals surface area (Å²) in [5.74, 6) is 0.741. The number of benzene rings is 2. The lowest BCUT2D eigenvalue weighted by Crippen LogP contribution is -2.18. The summed E-state index contributed by atoms with van der Waals surface area (Å²) in [6.45, 7) is 5.87. The van der Waals surface area contributed by atoms with Crippen LogP contribution in [0.2, 0.25) is 0 Å². The molecule has 0 bridgehead atoms. The minimum Gasteiger partial charge on any atom is -0.379 e. The molecule has 0 fully saturated rings. The summed E-state index contributed by atoms with van der Waals surface area (Å²) >= 11 is 0. The lowest BCUT2D eigenvalue weighted by atomic mass is 10.00. The van der Waals surface area contributed by atoms with Crippen molar-refractivity contribution in [3.05, 3.63) is 48.0 Å². The molecule has 0 amide bonds. The monoisotopic (exact) mass is 271 g/mol. The van der Waals surface area contributed by atoms with Gasteiger partial charge in [-0.1, -0.05) is 56.3 Å². The first-order valence-electron chi connectivity index (χ1n) is 7.49. The highest BCUT2D eigenvalue weighted by molar-refractivity contribution is 5.86. The Hall–Kier alpha value is -1.38. The number of rotatable bonds is 7. The lowest BCUT2D eigenvalue weighted by Gasteiger charge is -2.15. The molecule has 2 rings (SSSR count). The Balaban J connectivity index is 1.92. The van der Waals surface area contributed by atoms with Gasteiger partial charge in [-0.3, -0.25) is 0 Å². The van der Waals surface area contributed by atoms with Gasteiger partial charge in [0.25, 0.3) is 0 Å². The van der Waals surface area contributed by atoms with Gasteiger partial charge < -0.3 is 10.5 Å². The highest BCUT2D eigenvalue weighted by Crippen LogP contribution is 2.23. The molecular formula is C18H25NO. The smallest absolute Gasteiger partial charge is 0.0659 e. The van der Waals surface area contributed by atoms with Crippen LogP contribution >= 0.6 is 0 Å². The van der Waals surface area contributed by atoms with E-state index in [1.807, 2.05) is 0 Å². The molecule has 0 aliphatic rings. The zero-order valence-corrected chi connectivity index (χ0v) is 12.5. The van der Waals surface area contributed by atoms with Gasteiger partial charge in [0.15, 0.2) is 0 Å². The van der Waals surface area contributed by atoms with Crippen molar-refractivity contribution in [3.8, 4) is 0 Å². The Labute approximate surface area is 121 Å². The number of fused-ring (bicyclic) bond motifs is 1. The average Bonchev–Trinajstić information content (AvgIpc) is 2.45. The average molecular weight is 271 g/mol. The summed E-state index contributed by atoms with van der Waals surface area (Å²) in [7, 11) is 0. The number of hydrogen-bond donors (Lipinski definition) is 1. The number of hydrogen-bond acceptors (Lipinski definition) is 2. The molecule has 0 radical (unpaired) electrons. The Morgan fingerprint density at radius 1 is 1.05 bits per heavy atom. The van der Waals surface area contributed by atoms with Gasteiger partial charge in [0.2, 0.25) is 0 Å². The van der Waals surface area contributed by atoms with Gasteiger partial charge in [-0.05, 0) is 35.1 Å². The first-order chi connectivity index (χ1) is 9.68. The van der Waals surface area contributed by atoms with Crippen LogP contribution in [0.5, 0.6) is 0 Å². The summed E-state index contributed by atoms with van der Waals surface area (Å²) in [6.07, 6.45) is 2.32. The molecule has 2 nitrogen and oxygen atoms in total. The van der Waals surface area contributed by atoms with Gasteiger partial charge in [-0.2, -0.15) is 0 Å². The van der Waals surface area contributed by atoms with Gasteiger partial charge in [0.1, 0.15) is 0 Å². The molecule has 0 aliphatic heterocycles. The molecule has 2 aromatic rings. The molecule has 1 unspecified atom stereocenters. The Bertz CT molecular complexity index is 530. The third-order valence-electron chi connectivity index (χ3n) is 3.59. The maximum atomic E-state index is 6.28. The van der Waals surface area contributed by atoms with E-state index in [0.717, 1.165) is 18.9 Å². The van der Waals surface area contributed by atoms with E-state index in [4.69, 9.17) is 10.5 Å². The van der Waals surface area contributed by atoms with E-state index < -0.39 is 0 Å². The van der Waals surface area contributed by atoms with Crippen LogP contribution in [0, 0.1) is 5.92 Å². The lowest BCUT2D eigenvalue weighted by molar-refractivity contribution is 0.115. The summed E-state index contributed by atoms with van der Waals surface area (Å²) in [5.41, 5.74) is 7.45. The second kappa shape index (κ2) is 7.41. The van der Waals surface area contributed by atoms with Gasteiger partial charge in [-0.25, -0.2) is 0 Å². The van der Waals surface area contributed by atoms with Crippen molar-refractivity contribution in [2.24, 2.45) is 11.7 Å². The van der Waals surface area contributed by atoms with Gasteiger partial charge >= 0.3 is 0 Å².